The van der Waals surface area contributed by atoms with Crippen molar-refractivity contribution in [3.05, 3.63) is 41.7 Å². The summed E-state index contributed by atoms with van der Waals surface area (Å²) >= 11 is 1.66. The summed E-state index contributed by atoms with van der Waals surface area (Å²) in [6.45, 7) is 5.69. The van der Waals surface area contributed by atoms with Crippen LogP contribution in [0.3, 0.4) is 0 Å². The first kappa shape index (κ1) is 8.26. The van der Waals surface area contributed by atoms with E-state index in [4.69, 9.17) is 0 Å². The molecule has 0 spiro atoms. The third-order valence-electron chi connectivity index (χ3n) is 1.81. The Hall–Kier alpha value is -1.35. The van der Waals surface area contributed by atoms with Gasteiger partial charge in [0.25, 0.3) is 0 Å². The van der Waals surface area contributed by atoms with E-state index in [-0.39, 0.29) is 0 Å². The molecule has 2 heterocycles. The zero-order valence-corrected chi connectivity index (χ0v) is 8.21. The second kappa shape index (κ2) is 3.18. The number of nitrogens with zero attached hydrogens (tertiary/aromatic N) is 2. The molecule has 2 aromatic rings. The molecule has 0 fully saturated rings. The summed E-state index contributed by atoms with van der Waals surface area (Å²) in [5.74, 6) is 0. The van der Waals surface area contributed by atoms with E-state index in [2.05, 4.69) is 28.3 Å². The molecule has 0 unspecified atom stereocenters. The largest absolute Gasteiger partial charge is 0.294 e. The van der Waals surface area contributed by atoms with Crippen LogP contribution in [0.25, 0.3) is 11.0 Å². The summed E-state index contributed by atoms with van der Waals surface area (Å²) in [7, 11) is 0. The van der Waals surface area contributed by atoms with Crippen molar-refractivity contribution in [1.82, 2.24) is 9.38 Å². The highest BCUT2D eigenvalue weighted by Crippen LogP contribution is 2.16. The normalized spacial score (nSPS) is 11.5. The minimum Gasteiger partial charge on any atom is -0.294 e. The molecule has 66 valence electrons. The van der Waals surface area contributed by atoms with Crippen molar-refractivity contribution in [3.8, 4) is 0 Å². The van der Waals surface area contributed by atoms with Gasteiger partial charge in [0.2, 0.25) is 0 Å². The number of rotatable bonds is 2. The van der Waals surface area contributed by atoms with E-state index < -0.39 is 0 Å². The molecule has 0 atom stereocenters. The molecular formula is C10H10N2S. The van der Waals surface area contributed by atoms with Gasteiger partial charge in [-0.3, -0.25) is 4.40 Å². The Morgan fingerprint density at radius 3 is 3.15 bits per heavy atom. The second-order valence-electron chi connectivity index (χ2n) is 2.79. The Bertz CT molecular complexity index is 462. The lowest BCUT2D eigenvalue weighted by molar-refractivity contribution is 1.13. The molecule has 0 amide bonds. The van der Waals surface area contributed by atoms with Crippen molar-refractivity contribution in [2.75, 3.05) is 0 Å². The lowest BCUT2D eigenvalue weighted by Gasteiger charge is -1.83. The van der Waals surface area contributed by atoms with Crippen LogP contribution in [0, 0.1) is 6.92 Å². The molecule has 0 saturated heterocycles. The highest BCUT2D eigenvalue weighted by atomic mass is 32.1. The topological polar surface area (TPSA) is 17.3 Å². The van der Waals surface area contributed by atoms with E-state index in [0.29, 0.717) is 0 Å². The SMILES string of the molecule is C=C/C=C/c1cn2c(C)csc2n1. The molecule has 0 aliphatic carbocycles. The predicted octanol–water partition coefficient (Wildman–Crippen LogP) is 2.90. The van der Waals surface area contributed by atoms with Gasteiger partial charge in [0.05, 0.1) is 5.69 Å². The molecule has 3 heteroatoms. The summed E-state index contributed by atoms with van der Waals surface area (Å²) in [5.41, 5.74) is 2.21. The number of thiazole rings is 1. The van der Waals surface area contributed by atoms with Crippen molar-refractivity contribution in [2.45, 2.75) is 6.92 Å². The van der Waals surface area contributed by atoms with Crippen LogP contribution in [-0.2, 0) is 0 Å². The summed E-state index contributed by atoms with van der Waals surface area (Å²) < 4.78 is 2.09. The number of aromatic nitrogens is 2. The van der Waals surface area contributed by atoms with Gasteiger partial charge in [0.15, 0.2) is 4.96 Å². The summed E-state index contributed by atoms with van der Waals surface area (Å²) in [4.78, 5) is 5.46. The fourth-order valence-electron chi connectivity index (χ4n) is 1.16. The van der Waals surface area contributed by atoms with Gasteiger partial charge in [-0.25, -0.2) is 4.98 Å². The van der Waals surface area contributed by atoms with E-state index in [1.54, 1.807) is 17.4 Å². The van der Waals surface area contributed by atoms with Crippen LogP contribution in [-0.4, -0.2) is 9.38 Å². The lowest BCUT2D eigenvalue weighted by Crippen LogP contribution is -1.77. The Labute approximate surface area is 80.9 Å². The third kappa shape index (κ3) is 1.42. The maximum Gasteiger partial charge on any atom is 0.194 e. The highest BCUT2D eigenvalue weighted by molar-refractivity contribution is 7.15. The third-order valence-corrected chi connectivity index (χ3v) is 2.77. The van der Waals surface area contributed by atoms with E-state index in [0.717, 1.165) is 10.7 Å². The molecule has 0 aliphatic rings. The molecule has 0 saturated carbocycles. The standard InChI is InChI=1S/C10H10N2S/c1-3-4-5-9-6-12-8(2)7-13-10(12)11-9/h3-7H,1H2,2H3/b5-4+. The Kier molecular flexibility index (Phi) is 2.02. The zero-order valence-electron chi connectivity index (χ0n) is 7.40. The van der Waals surface area contributed by atoms with E-state index in [1.165, 1.54) is 5.69 Å². The van der Waals surface area contributed by atoms with Crippen LogP contribution in [0.1, 0.15) is 11.4 Å². The molecular weight excluding hydrogens is 180 g/mol. The number of imidazole rings is 1. The van der Waals surface area contributed by atoms with Gasteiger partial charge in [0.1, 0.15) is 0 Å². The average molecular weight is 190 g/mol. The van der Waals surface area contributed by atoms with Gasteiger partial charge in [-0.05, 0) is 13.0 Å². The minimum atomic E-state index is 0.981. The molecule has 0 bridgehead atoms. The van der Waals surface area contributed by atoms with Gasteiger partial charge in [0, 0.05) is 17.3 Å². The fraction of sp³-hybridized carbons (Fsp3) is 0.100. The molecule has 2 aromatic heterocycles. The Morgan fingerprint density at radius 2 is 2.46 bits per heavy atom. The first-order valence-electron chi connectivity index (χ1n) is 4.03. The number of allylic oxidation sites excluding steroid dienone is 2. The number of hydrogen-bond acceptors (Lipinski definition) is 2. The minimum absolute atomic E-state index is 0.981. The smallest absolute Gasteiger partial charge is 0.194 e. The van der Waals surface area contributed by atoms with Crippen LogP contribution in [0.4, 0.5) is 0 Å². The predicted molar refractivity (Wildman–Crippen MR) is 57.0 cm³/mol. The zero-order chi connectivity index (χ0) is 9.26. The van der Waals surface area contributed by atoms with Gasteiger partial charge in [-0.15, -0.1) is 11.3 Å². The number of aryl methyl sites for hydroxylation is 1. The maximum absolute atomic E-state index is 4.42. The van der Waals surface area contributed by atoms with Crippen molar-refractivity contribution in [3.63, 3.8) is 0 Å². The quantitative estimate of drug-likeness (QED) is 0.665. The van der Waals surface area contributed by atoms with Crippen LogP contribution >= 0.6 is 11.3 Å². The van der Waals surface area contributed by atoms with Crippen LogP contribution < -0.4 is 0 Å². The summed E-state index contributed by atoms with van der Waals surface area (Å²) in [6.07, 6.45) is 7.62. The number of fused-ring (bicyclic) bond motifs is 1. The summed E-state index contributed by atoms with van der Waals surface area (Å²) in [5, 5.41) is 2.10. The highest BCUT2D eigenvalue weighted by Gasteiger charge is 2.01. The van der Waals surface area contributed by atoms with Crippen molar-refractivity contribution in [1.29, 1.82) is 0 Å². The van der Waals surface area contributed by atoms with Gasteiger partial charge >= 0.3 is 0 Å². The van der Waals surface area contributed by atoms with Crippen LogP contribution in [0.5, 0.6) is 0 Å². The Morgan fingerprint density at radius 1 is 1.62 bits per heavy atom. The van der Waals surface area contributed by atoms with E-state index in [1.807, 2.05) is 18.3 Å². The molecule has 0 N–H and O–H groups in total. The fourth-order valence-corrected chi connectivity index (χ4v) is 2.02. The molecule has 2 rings (SSSR count). The first-order chi connectivity index (χ1) is 6.31. The van der Waals surface area contributed by atoms with Crippen LogP contribution in [0.15, 0.2) is 30.3 Å². The van der Waals surface area contributed by atoms with Crippen molar-refractivity contribution < 1.29 is 0 Å². The Balaban J connectivity index is 2.49. The summed E-state index contributed by atoms with van der Waals surface area (Å²) in [6, 6.07) is 0. The van der Waals surface area contributed by atoms with Crippen molar-refractivity contribution >= 4 is 22.4 Å². The molecule has 0 aliphatic heterocycles. The first-order valence-corrected chi connectivity index (χ1v) is 4.91. The number of hydrogen-bond donors (Lipinski definition) is 0. The second-order valence-corrected chi connectivity index (χ2v) is 3.63. The molecule has 13 heavy (non-hydrogen) atoms. The van der Waals surface area contributed by atoms with Gasteiger partial charge in [-0.1, -0.05) is 18.7 Å². The monoisotopic (exact) mass is 190 g/mol. The van der Waals surface area contributed by atoms with Gasteiger partial charge in [-0.2, -0.15) is 0 Å². The van der Waals surface area contributed by atoms with Crippen LogP contribution in [0.2, 0.25) is 0 Å². The van der Waals surface area contributed by atoms with E-state index in [9.17, 15) is 0 Å². The maximum atomic E-state index is 4.42. The molecule has 0 aromatic carbocycles. The molecule has 2 nitrogen and oxygen atoms in total. The van der Waals surface area contributed by atoms with Crippen molar-refractivity contribution in [2.24, 2.45) is 0 Å². The molecule has 0 radical (unpaired) electrons. The lowest BCUT2D eigenvalue weighted by atomic mass is 10.4. The van der Waals surface area contributed by atoms with Gasteiger partial charge < -0.3 is 0 Å². The average Bonchev–Trinajstić information content (AvgIpc) is 2.65. The van der Waals surface area contributed by atoms with E-state index >= 15 is 0 Å².